The van der Waals surface area contributed by atoms with Crippen molar-refractivity contribution in [2.24, 2.45) is 0 Å². The third kappa shape index (κ3) is 5.61. The first-order valence-electron chi connectivity index (χ1n) is 13.8. The number of pyridine rings is 3. The SMILES string of the molecule is Cc1c(-c2ccnc(-c3[c-]ccc4c3oc3ccccc34)c2)ccc2ncccc12.[Ir].[c-]1ccccc1-c1ccccn1. The summed E-state index contributed by atoms with van der Waals surface area (Å²) in [5.41, 5.74) is 9.95. The minimum atomic E-state index is 0. The molecule has 0 saturated heterocycles. The third-order valence-corrected chi connectivity index (χ3v) is 7.37. The standard InChI is InChI=1S/C27H17N2O.C11H8N.Ir/c1-17-19(11-12-24-20(17)9-5-14-28-24)18-13-15-29-25(16-18)23-8-4-7-22-21-6-2-3-10-26(21)30-27(22)23;1-2-6-10(7-3-1)11-8-4-5-9-12-11;/h2-7,9-16H,1H3;1-6,8-9H;/q2*-1;. The Hall–Kier alpha value is -4.96. The van der Waals surface area contributed by atoms with Crippen molar-refractivity contribution in [2.45, 2.75) is 6.92 Å². The predicted molar refractivity (Wildman–Crippen MR) is 170 cm³/mol. The van der Waals surface area contributed by atoms with Crippen molar-refractivity contribution < 1.29 is 24.5 Å². The Balaban J connectivity index is 0.000000213. The second-order valence-corrected chi connectivity index (χ2v) is 9.92. The molecule has 0 spiro atoms. The van der Waals surface area contributed by atoms with Gasteiger partial charge in [0, 0.05) is 49.5 Å². The largest absolute Gasteiger partial charge is 0.501 e. The predicted octanol–water partition coefficient (Wildman–Crippen LogP) is 9.52. The van der Waals surface area contributed by atoms with E-state index in [9.17, 15) is 0 Å². The molecule has 0 bridgehead atoms. The van der Waals surface area contributed by atoms with E-state index in [1.165, 1.54) is 16.5 Å². The zero-order valence-corrected chi connectivity index (χ0v) is 25.7. The molecule has 8 aromatic rings. The molecule has 209 valence electrons. The summed E-state index contributed by atoms with van der Waals surface area (Å²) in [5.74, 6) is 0. The van der Waals surface area contributed by atoms with E-state index >= 15 is 0 Å². The van der Waals surface area contributed by atoms with Crippen molar-refractivity contribution in [3.05, 3.63) is 152 Å². The Labute approximate surface area is 263 Å². The summed E-state index contributed by atoms with van der Waals surface area (Å²) in [7, 11) is 0. The Morgan fingerprint density at radius 1 is 0.605 bits per heavy atom. The van der Waals surface area contributed by atoms with Crippen LogP contribution in [0, 0.1) is 19.1 Å². The minimum Gasteiger partial charge on any atom is -0.501 e. The van der Waals surface area contributed by atoms with Crippen LogP contribution in [0.15, 0.2) is 138 Å². The summed E-state index contributed by atoms with van der Waals surface area (Å²) in [5, 5.41) is 3.36. The van der Waals surface area contributed by atoms with Gasteiger partial charge in [0.05, 0.1) is 11.1 Å². The smallest absolute Gasteiger partial charge is 0.120 e. The second-order valence-electron chi connectivity index (χ2n) is 9.92. The van der Waals surface area contributed by atoms with Gasteiger partial charge in [-0.2, -0.15) is 0 Å². The molecule has 8 rings (SSSR count). The molecule has 5 heteroatoms. The van der Waals surface area contributed by atoms with Crippen molar-refractivity contribution in [2.75, 3.05) is 0 Å². The summed E-state index contributed by atoms with van der Waals surface area (Å²) >= 11 is 0. The Morgan fingerprint density at radius 3 is 2.28 bits per heavy atom. The Morgan fingerprint density at radius 2 is 1.42 bits per heavy atom. The molecule has 4 heterocycles. The van der Waals surface area contributed by atoms with Crippen molar-refractivity contribution >= 4 is 32.8 Å². The van der Waals surface area contributed by atoms with Gasteiger partial charge in [0.2, 0.25) is 0 Å². The Bertz CT molecular complexity index is 2120. The molecule has 0 aliphatic heterocycles. The van der Waals surface area contributed by atoms with E-state index in [1.807, 2.05) is 91.3 Å². The molecule has 0 amide bonds. The topological polar surface area (TPSA) is 51.8 Å². The van der Waals surface area contributed by atoms with E-state index < -0.39 is 0 Å². The molecule has 0 aliphatic rings. The van der Waals surface area contributed by atoms with E-state index in [1.54, 1.807) is 6.20 Å². The van der Waals surface area contributed by atoms with Gasteiger partial charge in [-0.1, -0.05) is 59.5 Å². The van der Waals surface area contributed by atoms with Gasteiger partial charge in [-0.25, -0.2) is 0 Å². The second kappa shape index (κ2) is 12.5. The molecule has 0 aliphatic carbocycles. The van der Waals surface area contributed by atoms with Crippen LogP contribution in [0.3, 0.4) is 0 Å². The maximum absolute atomic E-state index is 6.19. The number of nitrogens with zero attached hydrogens (tertiary/aromatic N) is 3. The van der Waals surface area contributed by atoms with Crippen LogP contribution in [0.1, 0.15) is 5.56 Å². The van der Waals surface area contributed by atoms with Crippen molar-refractivity contribution in [3.63, 3.8) is 0 Å². The fourth-order valence-corrected chi connectivity index (χ4v) is 5.30. The summed E-state index contributed by atoms with van der Waals surface area (Å²) in [4.78, 5) is 13.3. The molecule has 4 nitrogen and oxygen atoms in total. The number of hydrogen-bond acceptors (Lipinski definition) is 4. The molecule has 4 aromatic heterocycles. The normalized spacial score (nSPS) is 10.7. The first-order chi connectivity index (χ1) is 20.8. The summed E-state index contributed by atoms with van der Waals surface area (Å²) < 4.78 is 6.19. The molecule has 4 aromatic carbocycles. The van der Waals surface area contributed by atoms with Gasteiger partial charge in [0.15, 0.2) is 0 Å². The van der Waals surface area contributed by atoms with Crippen LogP contribution in [0.5, 0.6) is 0 Å². The van der Waals surface area contributed by atoms with Crippen LogP contribution in [0.2, 0.25) is 0 Å². The van der Waals surface area contributed by atoms with Gasteiger partial charge in [-0.3, -0.25) is 4.98 Å². The van der Waals surface area contributed by atoms with Gasteiger partial charge in [-0.05, 0) is 65.3 Å². The number of benzene rings is 4. The van der Waals surface area contributed by atoms with E-state index in [0.29, 0.717) is 0 Å². The fraction of sp³-hybridized carbons (Fsp3) is 0.0263. The summed E-state index contributed by atoms with van der Waals surface area (Å²) in [6.45, 7) is 2.14. The zero-order valence-electron chi connectivity index (χ0n) is 23.3. The van der Waals surface area contributed by atoms with Crippen molar-refractivity contribution in [3.8, 4) is 33.6 Å². The van der Waals surface area contributed by atoms with Crippen LogP contribution < -0.4 is 0 Å². The van der Waals surface area contributed by atoms with Crippen LogP contribution >= 0.6 is 0 Å². The Kier molecular flexibility index (Phi) is 8.19. The van der Waals surface area contributed by atoms with Crippen molar-refractivity contribution in [1.29, 1.82) is 0 Å². The summed E-state index contributed by atoms with van der Waals surface area (Å²) in [6.07, 6.45) is 5.47. The van der Waals surface area contributed by atoms with Gasteiger partial charge in [-0.15, -0.1) is 54.1 Å². The average Bonchev–Trinajstić information content (AvgIpc) is 3.45. The monoisotopic (exact) mass is 732 g/mol. The quantitative estimate of drug-likeness (QED) is 0.170. The number of hydrogen-bond donors (Lipinski definition) is 0. The van der Waals surface area contributed by atoms with Gasteiger partial charge >= 0.3 is 0 Å². The molecular formula is C38H25IrN3O-2. The number of para-hydroxylation sites is 1. The van der Waals surface area contributed by atoms with E-state index in [2.05, 4.69) is 70.4 Å². The first-order valence-corrected chi connectivity index (χ1v) is 13.8. The molecular weight excluding hydrogens is 707 g/mol. The van der Waals surface area contributed by atoms with Crippen LogP contribution in [0.4, 0.5) is 0 Å². The number of aryl methyl sites for hydroxylation is 1. The van der Waals surface area contributed by atoms with Crippen molar-refractivity contribution in [1.82, 2.24) is 15.0 Å². The van der Waals surface area contributed by atoms with E-state index in [0.717, 1.165) is 55.5 Å². The molecule has 43 heavy (non-hydrogen) atoms. The van der Waals surface area contributed by atoms with Gasteiger partial charge < -0.3 is 14.4 Å². The molecule has 0 fully saturated rings. The summed E-state index contributed by atoms with van der Waals surface area (Å²) in [6, 6.07) is 44.7. The van der Waals surface area contributed by atoms with Gasteiger partial charge in [0.25, 0.3) is 0 Å². The third-order valence-electron chi connectivity index (χ3n) is 7.37. The van der Waals surface area contributed by atoms with Crippen LogP contribution in [0.25, 0.3) is 66.5 Å². The number of rotatable bonds is 3. The molecule has 1 radical (unpaired) electrons. The average molecular weight is 732 g/mol. The number of furan rings is 1. The first kappa shape index (κ1) is 28.2. The van der Waals surface area contributed by atoms with Crippen LogP contribution in [-0.4, -0.2) is 15.0 Å². The van der Waals surface area contributed by atoms with Crippen LogP contribution in [-0.2, 0) is 20.1 Å². The van der Waals surface area contributed by atoms with Gasteiger partial charge in [0.1, 0.15) is 5.58 Å². The van der Waals surface area contributed by atoms with E-state index in [4.69, 9.17) is 4.42 Å². The number of fused-ring (bicyclic) bond motifs is 4. The fourth-order valence-electron chi connectivity index (χ4n) is 5.30. The molecule has 0 unspecified atom stereocenters. The number of aromatic nitrogens is 3. The zero-order chi connectivity index (χ0) is 28.3. The molecule has 0 saturated carbocycles. The minimum absolute atomic E-state index is 0. The molecule has 0 atom stereocenters. The maximum atomic E-state index is 6.19. The maximum Gasteiger partial charge on any atom is 0.120 e. The van der Waals surface area contributed by atoms with E-state index in [-0.39, 0.29) is 20.1 Å². The molecule has 0 N–H and O–H groups in total.